The Bertz CT molecular complexity index is 217. The molecule has 88 valence electrons. The van der Waals surface area contributed by atoms with Crippen molar-refractivity contribution < 1.29 is 14.7 Å². The van der Waals surface area contributed by atoms with Crippen LogP contribution in [0, 0.1) is 5.92 Å². The average molecular weight is 216 g/mol. The Hall–Kier alpha value is -1.26. The highest BCUT2D eigenvalue weighted by Gasteiger charge is 2.20. The van der Waals surface area contributed by atoms with E-state index in [4.69, 9.17) is 5.11 Å². The summed E-state index contributed by atoms with van der Waals surface area (Å²) >= 11 is 0. The van der Waals surface area contributed by atoms with Crippen LogP contribution >= 0.6 is 0 Å². The monoisotopic (exact) mass is 216 g/mol. The molecule has 2 amide bonds. The van der Waals surface area contributed by atoms with E-state index in [0.29, 0.717) is 13.0 Å². The minimum absolute atomic E-state index is 0.234. The van der Waals surface area contributed by atoms with Gasteiger partial charge in [0.15, 0.2) is 0 Å². The Balaban J connectivity index is 4.05. The molecule has 15 heavy (non-hydrogen) atoms. The molecule has 0 heterocycles. The lowest BCUT2D eigenvalue weighted by Gasteiger charge is -2.16. The molecule has 0 saturated heterocycles. The van der Waals surface area contributed by atoms with Crippen molar-refractivity contribution in [3.05, 3.63) is 0 Å². The molecular weight excluding hydrogens is 196 g/mol. The lowest BCUT2D eigenvalue weighted by molar-refractivity contribution is -0.139. The molecule has 0 aromatic rings. The SMILES string of the molecule is CCCNC(=O)NC(CC(C)C)C(=O)O. The highest BCUT2D eigenvalue weighted by molar-refractivity contribution is 5.82. The number of amides is 2. The van der Waals surface area contributed by atoms with Crippen molar-refractivity contribution >= 4 is 12.0 Å². The fourth-order valence-electron chi connectivity index (χ4n) is 1.14. The van der Waals surface area contributed by atoms with Gasteiger partial charge in [-0.25, -0.2) is 9.59 Å². The Kier molecular flexibility index (Phi) is 6.49. The van der Waals surface area contributed by atoms with Gasteiger partial charge in [-0.2, -0.15) is 0 Å². The Morgan fingerprint density at radius 3 is 2.33 bits per heavy atom. The van der Waals surface area contributed by atoms with Crippen molar-refractivity contribution in [1.29, 1.82) is 0 Å². The fourth-order valence-corrected chi connectivity index (χ4v) is 1.14. The van der Waals surface area contributed by atoms with Gasteiger partial charge >= 0.3 is 12.0 Å². The van der Waals surface area contributed by atoms with Crippen LogP contribution < -0.4 is 10.6 Å². The number of rotatable bonds is 6. The van der Waals surface area contributed by atoms with E-state index in [9.17, 15) is 9.59 Å². The van der Waals surface area contributed by atoms with Gasteiger partial charge in [0.1, 0.15) is 6.04 Å². The number of hydrogen-bond acceptors (Lipinski definition) is 2. The summed E-state index contributed by atoms with van der Waals surface area (Å²) in [4.78, 5) is 22.0. The smallest absolute Gasteiger partial charge is 0.326 e. The minimum atomic E-state index is -0.990. The Morgan fingerprint density at radius 1 is 1.33 bits per heavy atom. The first kappa shape index (κ1) is 13.7. The third-order valence-electron chi connectivity index (χ3n) is 1.85. The lowest BCUT2D eigenvalue weighted by atomic mass is 10.0. The first-order valence-corrected chi connectivity index (χ1v) is 5.24. The Morgan fingerprint density at radius 2 is 1.93 bits per heavy atom. The lowest BCUT2D eigenvalue weighted by Crippen LogP contribution is -2.46. The second-order valence-electron chi connectivity index (χ2n) is 3.92. The molecule has 0 rings (SSSR count). The predicted octanol–water partition coefficient (Wildman–Crippen LogP) is 1.19. The molecular formula is C10H20N2O3. The van der Waals surface area contributed by atoms with E-state index < -0.39 is 18.0 Å². The second kappa shape index (κ2) is 7.09. The standard InChI is InChI=1S/C10H20N2O3/c1-4-5-11-10(15)12-8(9(13)14)6-7(2)3/h7-8H,4-6H2,1-3H3,(H,13,14)(H2,11,12,15). The van der Waals surface area contributed by atoms with Crippen molar-refractivity contribution in [3.8, 4) is 0 Å². The molecule has 0 saturated carbocycles. The maximum Gasteiger partial charge on any atom is 0.326 e. The summed E-state index contributed by atoms with van der Waals surface area (Å²) in [7, 11) is 0. The summed E-state index contributed by atoms with van der Waals surface area (Å²) in [6, 6.07) is -1.22. The van der Waals surface area contributed by atoms with E-state index in [1.165, 1.54) is 0 Å². The van der Waals surface area contributed by atoms with E-state index in [0.717, 1.165) is 6.42 Å². The summed E-state index contributed by atoms with van der Waals surface area (Å²) in [5.41, 5.74) is 0. The number of hydrogen-bond donors (Lipinski definition) is 3. The summed E-state index contributed by atoms with van der Waals surface area (Å²) in [5.74, 6) is -0.757. The largest absolute Gasteiger partial charge is 0.480 e. The van der Waals surface area contributed by atoms with Crippen molar-refractivity contribution in [2.75, 3.05) is 6.54 Å². The van der Waals surface area contributed by atoms with Gasteiger partial charge < -0.3 is 15.7 Å². The normalized spacial score (nSPS) is 12.3. The van der Waals surface area contributed by atoms with Gasteiger partial charge in [0.25, 0.3) is 0 Å². The number of nitrogens with one attached hydrogen (secondary N) is 2. The molecule has 0 aliphatic heterocycles. The first-order valence-electron chi connectivity index (χ1n) is 5.24. The van der Waals surface area contributed by atoms with Crippen molar-refractivity contribution in [2.24, 2.45) is 5.92 Å². The van der Waals surface area contributed by atoms with Gasteiger partial charge in [0.2, 0.25) is 0 Å². The zero-order valence-corrected chi connectivity index (χ0v) is 9.54. The maximum absolute atomic E-state index is 11.2. The highest BCUT2D eigenvalue weighted by atomic mass is 16.4. The molecule has 5 nitrogen and oxygen atoms in total. The van der Waals surface area contributed by atoms with E-state index in [1.54, 1.807) is 0 Å². The number of carboxylic acids is 1. The molecule has 0 aliphatic rings. The molecule has 5 heteroatoms. The van der Waals surface area contributed by atoms with Crippen LogP contribution in [-0.2, 0) is 4.79 Å². The molecule has 1 unspecified atom stereocenters. The van der Waals surface area contributed by atoms with Crippen LogP contribution in [-0.4, -0.2) is 29.7 Å². The van der Waals surface area contributed by atoms with Crippen molar-refractivity contribution in [1.82, 2.24) is 10.6 Å². The molecule has 0 aromatic carbocycles. The van der Waals surface area contributed by atoms with Crippen LogP contribution in [0.15, 0.2) is 0 Å². The van der Waals surface area contributed by atoms with Gasteiger partial charge in [0, 0.05) is 6.54 Å². The van der Waals surface area contributed by atoms with Crippen LogP contribution in [0.25, 0.3) is 0 Å². The first-order chi connectivity index (χ1) is 6.97. The number of urea groups is 1. The van der Waals surface area contributed by atoms with Gasteiger partial charge in [-0.05, 0) is 18.8 Å². The molecule has 0 fully saturated rings. The van der Waals surface area contributed by atoms with Crippen LogP contribution in [0.3, 0.4) is 0 Å². The quantitative estimate of drug-likeness (QED) is 0.624. The summed E-state index contributed by atoms with van der Waals surface area (Å²) < 4.78 is 0. The minimum Gasteiger partial charge on any atom is -0.480 e. The zero-order valence-electron chi connectivity index (χ0n) is 9.54. The number of carbonyl (C=O) groups excluding carboxylic acids is 1. The van der Waals surface area contributed by atoms with Gasteiger partial charge in [0.05, 0.1) is 0 Å². The predicted molar refractivity (Wildman–Crippen MR) is 57.7 cm³/mol. The van der Waals surface area contributed by atoms with Gasteiger partial charge in [-0.3, -0.25) is 0 Å². The molecule has 0 aromatic heterocycles. The van der Waals surface area contributed by atoms with Gasteiger partial charge in [-0.1, -0.05) is 20.8 Å². The summed E-state index contributed by atoms with van der Waals surface area (Å²) in [5, 5.41) is 13.9. The van der Waals surface area contributed by atoms with Crippen molar-refractivity contribution in [2.45, 2.75) is 39.7 Å². The van der Waals surface area contributed by atoms with Crippen LogP contribution in [0.1, 0.15) is 33.6 Å². The second-order valence-corrected chi connectivity index (χ2v) is 3.92. The molecule has 0 radical (unpaired) electrons. The molecule has 3 N–H and O–H groups in total. The molecule has 1 atom stereocenters. The van der Waals surface area contributed by atoms with Gasteiger partial charge in [-0.15, -0.1) is 0 Å². The third-order valence-corrected chi connectivity index (χ3v) is 1.85. The highest BCUT2D eigenvalue weighted by Crippen LogP contribution is 2.04. The maximum atomic E-state index is 11.2. The van der Waals surface area contributed by atoms with Crippen molar-refractivity contribution in [3.63, 3.8) is 0 Å². The third kappa shape index (κ3) is 6.76. The zero-order chi connectivity index (χ0) is 11.8. The van der Waals surface area contributed by atoms with E-state index in [1.807, 2.05) is 20.8 Å². The summed E-state index contributed by atoms with van der Waals surface area (Å²) in [6.45, 7) is 6.33. The molecule has 0 bridgehead atoms. The fraction of sp³-hybridized carbons (Fsp3) is 0.800. The van der Waals surface area contributed by atoms with Crippen LogP contribution in [0.5, 0.6) is 0 Å². The van der Waals surface area contributed by atoms with E-state index >= 15 is 0 Å². The Labute approximate surface area is 90.2 Å². The summed E-state index contributed by atoms with van der Waals surface area (Å²) in [6.07, 6.45) is 1.27. The van der Waals surface area contributed by atoms with Crippen LogP contribution in [0.2, 0.25) is 0 Å². The molecule has 0 aliphatic carbocycles. The number of carbonyl (C=O) groups is 2. The number of carboxylic acid groups (broad SMARTS) is 1. The topological polar surface area (TPSA) is 78.4 Å². The number of aliphatic carboxylic acids is 1. The van der Waals surface area contributed by atoms with E-state index in [-0.39, 0.29) is 5.92 Å². The van der Waals surface area contributed by atoms with Crippen LogP contribution in [0.4, 0.5) is 4.79 Å². The molecule has 0 spiro atoms. The van der Waals surface area contributed by atoms with E-state index in [2.05, 4.69) is 10.6 Å². The average Bonchev–Trinajstić information content (AvgIpc) is 2.12.